The van der Waals surface area contributed by atoms with Crippen LogP contribution in [-0.2, 0) is 17.8 Å². The molecule has 1 atom stereocenters. The summed E-state index contributed by atoms with van der Waals surface area (Å²) in [5.41, 5.74) is 5.63. The molecule has 0 aliphatic carbocycles. The van der Waals surface area contributed by atoms with Crippen LogP contribution in [0.4, 0.5) is 0 Å². The van der Waals surface area contributed by atoms with Crippen molar-refractivity contribution >= 4 is 5.91 Å². The van der Waals surface area contributed by atoms with E-state index in [0.29, 0.717) is 0 Å². The topological polar surface area (TPSA) is 49.3 Å². The number of rotatable bonds is 7. The van der Waals surface area contributed by atoms with E-state index >= 15 is 0 Å². The maximum atomic E-state index is 13.5. The van der Waals surface area contributed by atoms with Gasteiger partial charge in [-0.1, -0.05) is 37.3 Å². The molecule has 166 valence electrons. The first-order valence-corrected chi connectivity index (χ1v) is 11.6. The van der Waals surface area contributed by atoms with Gasteiger partial charge in [-0.25, -0.2) is 0 Å². The molecule has 0 saturated carbocycles. The molecule has 0 N–H and O–H groups in total. The van der Waals surface area contributed by atoms with Crippen LogP contribution in [0.25, 0.3) is 11.1 Å². The largest absolute Gasteiger partial charge is 0.341 e. The Bertz CT molecular complexity index is 1040. The molecule has 1 fully saturated rings. The number of aryl methyl sites for hydroxylation is 1. The van der Waals surface area contributed by atoms with Gasteiger partial charge in [-0.15, -0.1) is 0 Å². The van der Waals surface area contributed by atoms with E-state index in [9.17, 15) is 4.79 Å². The fraction of sp³-hybridized carbons (Fsp3) is 0.370. The molecule has 1 saturated heterocycles. The summed E-state index contributed by atoms with van der Waals surface area (Å²) in [4.78, 5) is 26.8. The minimum Gasteiger partial charge on any atom is -0.341 e. The standard InChI is InChI=1S/C27H32N4O/c1-3-15-31-17-16-30(20-25-9-6-7-21(2)29-25)19-24(27(31)32)18-23-8-4-5-10-26(23)22-11-13-28-14-12-22/h4-14,24H,3,15-20H2,1-2H3/t24-/m1/s1. The zero-order chi connectivity index (χ0) is 22.3. The van der Waals surface area contributed by atoms with Crippen molar-refractivity contribution in [3.8, 4) is 11.1 Å². The number of pyridine rings is 2. The summed E-state index contributed by atoms with van der Waals surface area (Å²) in [6.45, 7) is 8.16. The monoisotopic (exact) mass is 428 g/mol. The predicted molar refractivity (Wildman–Crippen MR) is 128 cm³/mol. The van der Waals surface area contributed by atoms with Crippen molar-refractivity contribution < 1.29 is 4.79 Å². The molecule has 0 spiro atoms. The molecule has 2 aromatic heterocycles. The molecule has 4 rings (SSSR count). The number of hydrogen-bond acceptors (Lipinski definition) is 4. The summed E-state index contributed by atoms with van der Waals surface area (Å²) in [5, 5.41) is 0. The minimum atomic E-state index is -0.0724. The van der Waals surface area contributed by atoms with Crippen molar-refractivity contribution in [1.29, 1.82) is 0 Å². The highest BCUT2D eigenvalue weighted by Crippen LogP contribution is 2.27. The normalized spacial score (nSPS) is 17.4. The van der Waals surface area contributed by atoms with E-state index < -0.39 is 0 Å². The second-order valence-corrected chi connectivity index (χ2v) is 8.62. The van der Waals surface area contributed by atoms with Gasteiger partial charge < -0.3 is 4.90 Å². The SMILES string of the molecule is CCCN1CCN(Cc2cccc(C)n2)C[C@@H](Cc2ccccc2-c2ccncc2)C1=O. The van der Waals surface area contributed by atoms with E-state index in [1.165, 1.54) is 11.1 Å². The van der Waals surface area contributed by atoms with Crippen molar-refractivity contribution in [2.75, 3.05) is 26.2 Å². The fourth-order valence-corrected chi connectivity index (χ4v) is 4.59. The lowest BCUT2D eigenvalue weighted by Gasteiger charge is -2.24. The minimum absolute atomic E-state index is 0.0724. The second kappa shape index (κ2) is 10.5. The molecular weight excluding hydrogens is 396 g/mol. The maximum absolute atomic E-state index is 13.5. The van der Waals surface area contributed by atoms with Gasteiger partial charge in [0.15, 0.2) is 0 Å². The highest BCUT2D eigenvalue weighted by Gasteiger charge is 2.30. The lowest BCUT2D eigenvalue weighted by atomic mass is 9.91. The smallest absolute Gasteiger partial charge is 0.227 e. The average Bonchev–Trinajstić information content (AvgIpc) is 2.94. The van der Waals surface area contributed by atoms with Crippen LogP contribution in [0.3, 0.4) is 0 Å². The Hall–Kier alpha value is -3.05. The molecule has 1 amide bonds. The van der Waals surface area contributed by atoms with Gasteiger partial charge in [0, 0.05) is 50.8 Å². The maximum Gasteiger partial charge on any atom is 0.227 e. The number of nitrogens with zero attached hydrogens (tertiary/aromatic N) is 4. The van der Waals surface area contributed by atoms with Gasteiger partial charge in [0.1, 0.15) is 0 Å². The van der Waals surface area contributed by atoms with E-state index in [1.54, 1.807) is 0 Å². The van der Waals surface area contributed by atoms with Crippen LogP contribution in [-0.4, -0.2) is 51.9 Å². The molecule has 5 heteroatoms. The van der Waals surface area contributed by atoms with Crippen molar-refractivity contribution in [3.05, 3.63) is 83.9 Å². The Kier molecular flexibility index (Phi) is 7.28. The van der Waals surface area contributed by atoms with Crippen molar-refractivity contribution in [3.63, 3.8) is 0 Å². The number of amides is 1. The predicted octanol–water partition coefficient (Wildman–Crippen LogP) is 4.37. The number of benzene rings is 1. The second-order valence-electron chi connectivity index (χ2n) is 8.62. The van der Waals surface area contributed by atoms with Gasteiger partial charge in [-0.2, -0.15) is 0 Å². The first-order chi connectivity index (χ1) is 15.6. The summed E-state index contributed by atoms with van der Waals surface area (Å²) in [6.07, 6.45) is 5.35. The quantitative estimate of drug-likeness (QED) is 0.561. The van der Waals surface area contributed by atoms with Gasteiger partial charge in [0.05, 0.1) is 11.6 Å². The molecule has 5 nitrogen and oxygen atoms in total. The van der Waals surface area contributed by atoms with Crippen molar-refractivity contribution in [2.45, 2.75) is 33.2 Å². The average molecular weight is 429 g/mol. The molecule has 3 heterocycles. The van der Waals surface area contributed by atoms with Crippen LogP contribution in [0.15, 0.2) is 67.0 Å². The van der Waals surface area contributed by atoms with Crippen LogP contribution >= 0.6 is 0 Å². The van der Waals surface area contributed by atoms with Gasteiger partial charge >= 0.3 is 0 Å². The van der Waals surface area contributed by atoms with Crippen molar-refractivity contribution in [1.82, 2.24) is 19.8 Å². The number of carbonyl (C=O) groups excluding carboxylic acids is 1. The molecule has 0 unspecified atom stereocenters. The summed E-state index contributed by atoms with van der Waals surface area (Å²) < 4.78 is 0. The highest BCUT2D eigenvalue weighted by molar-refractivity contribution is 5.80. The van der Waals surface area contributed by atoms with E-state index in [-0.39, 0.29) is 11.8 Å². The van der Waals surface area contributed by atoms with Crippen LogP contribution in [0, 0.1) is 12.8 Å². The van der Waals surface area contributed by atoms with Gasteiger partial charge in [-0.05, 0) is 60.7 Å². The first kappa shape index (κ1) is 22.2. The van der Waals surface area contributed by atoms with Crippen LogP contribution in [0.1, 0.15) is 30.3 Å². The lowest BCUT2D eigenvalue weighted by molar-refractivity contribution is -0.134. The van der Waals surface area contributed by atoms with Crippen molar-refractivity contribution in [2.24, 2.45) is 5.92 Å². The first-order valence-electron chi connectivity index (χ1n) is 11.6. The Morgan fingerprint density at radius 3 is 2.59 bits per heavy atom. The van der Waals surface area contributed by atoms with Crippen LogP contribution in [0.2, 0.25) is 0 Å². The highest BCUT2D eigenvalue weighted by atomic mass is 16.2. The van der Waals surface area contributed by atoms with Crippen LogP contribution in [0.5, 0.6) is 0 Å². The molecule has 1 aliphatic rings. The molecule has 0 bridgehead atoms. The number of hydrogen-bond donors (Lipinski definition) is 0. The zero-order valence-electron chi connectivity index (χ0n) is 19.1. The number of aromatic nitrogens is 2. The fourth-order valence-electron chi connectivity index (χ4n) is 4.59. The van der Waals surface area contributed by atoms with Gasteiger partial charge in [-0.3, -0.25) is 19.7 Å². The van der Waals surface area contributed by atoms with Gasteiger partial charge in [0.2, 0.25) is 5.91 Å². The Morgan fingerprint density at radius 1 is 1.00 bits per heavy atom. The van der Waals surface area contributed by atoms with Crippen LogP contribution < -0.4 is 0 Å². The summed E-state index contributed by atoms with van der Waals surface area (Å²) in [6, 6.07) is 18.7. The van der Waals surface area contributed by atoms with E-state index in [2.05, 4.69) is 63.1 Å². The zero-order valence-corrected chi connectivity index (χ0v) is 19.1. The summed E-state index contributed by atoms with van der Waals surface area (Å²) in [7, 11) is 0. The Balaban J connectivity index is 1.59. The molecule has 0 radical (unpaired) electrons. The van der Waals surface area contributed by atoms with Gasteiger partial charge in [0.25, 0.3) is 0 Å². The van der Waals surface area contributed by atoms with E-state index in [0.717, 1.165) is 62.5 Å². The molecule has 32 heavy (non-hydrogen) atoms. The Labute approximate surface area is 191 Å². The van der Waals surface area contributed by atoms with E-state index in [4.69, 9.17) is 0 Å². The summed E-state index contributed by atoms with van der Waals surface area (Å²) >= 11 is 0. The van der Waals surface area contributed by atoms with E-state index in [1.807, 2.05) is 37.5 Å². The molecule has 3 aromatic rings. The molecule has 1 aliphatic heterocycles. The number of carbonyl (C=O) groups is 1. The third-order valence-corrected chi connectivity index (χ3v) is 6.13. The third-order valence-electron chi connectivity index (χ3n) is 6.13. The molecular formula is C27H32N4O. The molecule has 1 aromatic carbocycles. The summed E-state index contributed by atoms with van der Waals surface area (Å²) in [5.74, 6) is 0.202. The third kappa shape index (κ3) is 5.40. The lowest BCUT2D eigenvalue weighted by Crippen LogP contribution is -2.37. The Morgan fingerprint density at radius 2 is 1.81 bits per heavy atom.